The van der Waals surface area contributed by atoms with Gasteiger partial charge in [-0.3, -0.25) is 9.59 Å². The van der Waals surface area contributed by atoms with E-state index in [1.807, 2.05) is 13.8 Å². The van der Waals surface area contributed by atoms with E-state index in [1.165, 1.54) is 0 Å². The smallest absolute Gasteiger partial charge is 0.250 e. The van der Waals surface area contributed by atoms with Gasteiger partial charge >= 0.3 is 0 Å². The van der Waals surface area contributed by atoms with Crippen LogP contribution in [0.25, 0.3) is 0 Å². The van der Waals surface area contributed by atoms with Crippen LogP contribution in [0.3, 0.4) is 0 Å². The average molecular weight is 291 g/mol. The summed E-state index contributed by atoms with van der Waals surface area (Å²) in [6.45, 7) is 5.19. The lowest BCUT2D eigenvalue weighted by atomic mass is 10.1. The molecule has 2 amide bonds. The molecule has 2 atom stereocenters. The quantitative estimate of drug-likeness (QED) is 0.860. The number of amides is 2. The summed E-state index contributed by atoms with van der Waals surface area (Å²) >= 11 is 0. The van der Waals surface area contributed by atoms with Crippen molar-refractivity contribution >= 4 is 17.5 Å². The van der Waals surface area contributed by atoms with E-state index in [0.29, 0.717) is 24.4 Å². The molecule has 21 heavy (non-hydrogen) atoms. The number of nitrogens with zero attached hydrogens (tertiary/aromatic N) is 1. The molecule has 0 radical (unpaired) electrons. The number of benzene rings is 1. The van der Waals surface area contributed by atoms with Gasteiger partial charge in [0.25, 0.3) is 5.91 Å². The Morgan fingerprint density at radius 3 is 2.81 bits per heavy atom. The van der Waals surface area contributed by atoms with Gasteiger partial charge in [0.1, 0.15) is 0 Å². The minimum atomic E-state index is -0.515. The summed E-state index contributed by atoms with van der Waals surface area (Å²) < 4.78 is 5.51. The van der Waals surface area contributed by atoms with Gasteiger partial charge in [-0.25, -0.2) is 0 Å². The van der Waals surface area contributed by atoms with Crippen molar-refractivity contribution in [3.8, 4) is 0 Å². The fraction of sp³-hybridized carbons (Fsp3) is 0.467. The monoisotopic (exact) mass is 291 g/mol. The van der Waals surface area contributed by atoms with E-state index in [0.717, 1.165) is 0 Å². The predicted octanol–water partition coefficient (Wildman–Crippen LogP) is 0.833. The Hall–Kier alpha value is -2.08. The normalized spacial score (nSPS) is 21.9. The number of para-hydroxylation sites is 1. The lowest BCUT2D eigenvalue weighted by Gasteiger charge is -2.38. The van der Waals surface area contributed by atoms with Crippen molar-refractivity contribution in [3.05, 3.63) is 29.8 Å². The van der Waals surface area contributed by atoms with Crippen LogP contribution in [0.4, 0.5) is 5.69 Å². The maximum Gasteiger partial charge on any atom is 0.250 e. The fourth-order valence-electron chi connectivity index (χ4n) is 2.41. The van der Waals surface area contributed by atoms with Crippen LogP contribution < -0.4 is 11.1 Å². The number of carbonyl (C=O) groups excluding carboxylic acids is 2. The molecule has 0 spiro atoms. The third-order valence-corrected chi connectivity index (χ3v) is 3.83. The van der Waals surface area contributed by atoms with E-state index in [-0.39, 0.29) is 24.6 Å². The molecule has 1 aliphatic heterocycles. The Labute approximate surface area is 124 Å². The molecule has 0 aromatic heterocycles. The van der Waals surface area contributed by atoms with E-state index in [4.69, 9.17) is 10.5 Å². The first-order valence-electron chi connectivity index (χ1n) is 7.04. The molecule has 3 N–H and O–H groups in total. The summed E-state index contributed by atoms with van der Waals surface area (Å²) in [4.78, 5) is 25.4. The highest BCUT2D eigenvalue weighted by Gasteiger charge is 2.28. The summed E-state index contributed by atoms with van der Waals surface area (Å²) in [7, 11) is 0. The molecule has 0 unspecified atom stereocenters. The molecule has 1 fully saturated rings. The number of hydrogen-bond donors (Lipinski definition) is 2. The number of ether oxygens (including phenoxy) is 1. The second kappa shape index (κ2) is 6.58. The van der Waals surface area contributed by atoms with Gasteiger partial charge in [-0.05, 0) is 26.0 Å². The van der Waals surface area contributed by atoms with E-state index in [2.05, 4.69) is 5.32 Å². The number of primary amides is 1. The van der Waals surface area contributed by atoms with Crippen molar-refractivity contribution in [1.82, 2.24) is 4.90 Å². The van der Waals surface area contributed by atoms with Crippen molar-refractivity contribution < 1.29 is 14.3 Å². The lowest BCUT2D eigenvalue weighted by Crippen LogP contribution is -2.52. The zero-order valence-electron chi connectivity index (χ0n) is 12.3. The van der Waals surface area contributed by atoms with Gasteiger partial charge in [-0.15, -0.1) is 0 Å². The minimum absolute atomic E-state index is 0.0167. The van der Waals surface area contributed by atoms with Crippen molar-refractivity contribution in [3.63, 3.8) is 0 Å². The third kappa shape index (κ3) is 3.52. The van der Waals surface area contributed by atoms with E-state index >= 15 is 0 Å². The van der Waals surface area contributed by atoms with Crippen LogP contribution in [0.15, 0.2) is 24.3 Å². The molecule has 2 rings (SSSR count). The van der Waals surface area contributed by atoms with Crippen molar-refractivity contribution in [2.24, 2.45) is 5.73 Å². The topological polar surface area (TPSA) is 84.7 Å². The first-order valence-corrected chi connectivity index (χ1v) is 7.04. The largest absolute Gasteiger partial charge is 0.376 e. The predicted molar refractivity (Wildman–Crippen MR) is 80.0 cm³/mol. The number of morpholine rings is 1. The number of hydrogen-bond acceptors (Lipinski definition) is 4. The molecule has 1 aliphatic rings. The summed E-state index contributed by atoms with van der Waals surface area (Å²) in [6.07, 6.45) is 0.0283. The van der Waals surface area contributed by atoms with Crippen molar-refractivity contribution in [1.29, 1.82) is 0 Å². The van der Waals surface area contributed by atoms with Gasteiger partial charge in [0, 0.05) is 12.2 Å². The Balaban J connectivity index is 2.00. The molecule has 1 aromatic carbocycles. The molecule has 6 nitrogen and oxygen atoms in total. The van der Waals surface area contributed by atoms with Crippen molar-refractivity contribution in [2.45, 2.75) is 26.0 Å². The molecular weight excluding hydrogens is 270 g/mol. The SMILES string of the molecule is C[C@@H]1OCCN(C(=O)CNc2ccccc2C(N)=O)[C@@H]1C. The second-order valence-electron chi connectivity index (χ2n) is 5.17. The summed E-state index contributed by atoms with van der Waals surface area (Å²) in [5.74, 6) is -0.532. The molecular formula is C15H21N3O3. The van der Waals surface area contributed by atoms with Gasteiger partial charge in [0.05, 0.1) is 30.9 Å². The molecule has 0 bridgehead atoms. The number of nitrogens with one attached hydrogen (secondary N) is 1. The molecule has 114 valence electrons. The number of carbonyl (C=O) groups is 2. The first kappa shape index (κ1) is 15.3. The molecule has 1 saturated heterocycles. The summed E-state index contributed by atoms with van der Waals surface area (Å²) in [5, 5.41) is 2.99. The zero-order valence-corrected chi connectivity index (χ0v) is 12.3. The van der Waals surface area contributed by atoms with Gasteiger partial charge in [-0.2, -0.15) is 0 Å². The summed E-state index contributed by atoms with van der Waals surface area (Å²) in [5.41, 5.74) is 6.27. The molecule has 1 heterocycles. The molecule has 0 saturated carbocycles. The van der Waals surface area contributed by atoms with E-state index in [9.17, 15) is 9.59 Å². The van der Waals surface area contributed by atoms with Crippen LogP contribution in [0.1, 0.15) is 24.2 Å². The highest BCUT2D eigenvalue weighted by molar-refractivity contribution is 5.99. The van der Waals surface area contributed by atoms with E-state index in [1.54, 1.807) is 29.2 Å². The summed E-state index contributed by atoms with van der Waals surface area (Å²) in [6, 6.07) is 6.93. The van der Waals surface area contributed by atoms with Crippen LogP contribution >= 0.6 is 0 Å². The third-order valence-electron chi connectivity index (χ3n) is 3.83. The molecule has 0 aliphatic carbocycles. The Morgan fingerprint density at radius 2 is 2.10 bits per heavy atom. The van der Waals surface area contributed by atoms with Gasteiger partial charge in [0.2, 0.25) is 5.91 Å². The highest BCUT2D eigenvalue weighted by Crippen LogP contribution is 2.16. The number of rotatable bonds is 4. The Morgan fingerprint density at radius 1 is 1.38 bits per heavy atom. The van der Waals surface area contributed by atoms with E-state index < -0.39 is 5.91 Å². The maximum absolute atomic E-state index is 12.3. The van der Waals surface area contributed by atoms with Gasteiger partial charge in [-0.1, -0.05) is 12.1 Å². The Bertz CT molecular complexity index is 533. The fourth-order valence-corrected chi connectivity index (χ4v) is 2.41. The van der Waals surface area contributed by atoms with Gasteiger partial charge < -0.3 is 20.7 Å². The highest BCUT2D eigenvalue weighted by atomic mass is 16.5. The number of anilines is 1. The maximum atomic E-state index is 12.3. The van der Waals surface area contributed by atoms with Crippen molar-refractivity contribution in [2.75, 3.05) is 25.0 Å². The number of nitrogens with two attached hydrogens (primary N) is 1. The van der Waals surface area contributed by atoms with Crippen LogP contribution in [0, 0.1) is 0 Å². The lowest BCUT2D eigenvalue weighted by molar-refractivity contribution is -0.142. The Kier molecular flexibility index (Phi) is 4.80. The standard InChI is InChI=1S/C15H21N3O3/c1-10-11(2)21-8-7-18(10)14(19)9-17-13-6-4-3-5-12(13)15(16)20/h3-6,10-11,17H,7-9H2,1-2H3,(H2,16,20)/t10-,11+/m1/s1. The zero-order chi connectivity index (χ0) is 15.4. The second-order valence-corrected chi connectivity index (χ2v) is 5.17. The first-order chi connectivity index (χ1) is 10.0. The van der Waals surface area contributed by atoms with Crippen LogP contribution in [-0.2, 0) is 9.53 Å². The van der Waals surface area contributed by atoms with Gasteiger partial charge in [0.15, 0.2) is 0 Å². The average Bonchev–Trinajstić information content (AvgIpc) is 2.47. The van der Waals surface area contributed by atoms with Crippen LogP contribution in [0.5, 0.6) is 0 Å². The molecule has 1 aromatic rings. The molecule has 6 heteroatoms. The minimum Gasteiger partial charge on any atom is -0.376 e. The van der Waals surface area contributed by atoms with Crippen LogP contribution in [-0.4, -0.2) is 48.6 Å². The van der Waals surface area contributed by atoms with Crippen LogP contribution in [0.2, 0.25) is 0 Å².